The minimum absolute atomic E-state index is 0.300. The summed E-state index contributed by atoms with van der Waals surface area (Å²) in [5.41, 5.74) is 1.06. The average molecular weight is 255 g/mol. The van der Waals surface area contributed by atoms with Crippen molar-refractivity contribution in [1.29, 1.82) is 0 Å². The van der Waals surface area contributed by atoms with Crippen LogP contribution in [0, 0.1) is 0 Å². The van der Waals surface area contributed by atoms with Crippen LogP contribution in [0.15, 0.2) is 6.07 Å². The second-order valence-corrected chi connectivity index (χ2v) is 3.74. The molecule has 1 heterocycles. The van der Waals surface area contributed by atoms with Crippen molar-refractivity contribution in [3.8, 4) is 0 Å². The topological polar surface area (TPSA) is 104 Å². The van der Waals surface area contributed by atoms with Crippen LogP contribution in [0.2, 0.25) is 0 Å². The third-order valence-electron chi connectivity index (χ3n) is 2.51. The van der Waals surface area contributed by atoms with Crippen LogP contribution in [-0.2, 0) is 17.8 Å². The Hall–Kier alpha value is -1.89. The van der Waals surface area contributed by atoms with Gasteiger partial charge in [0.2, 0.25) is 0 Å². The fraction of sp³-hybridized carbons (Fsp3) is 0.545. The van der Waals surface area contributed by atoms with Crippen LogP contribution < -0.4 is 5.32 Å². The van der Waals surface area contributed by atoms with Crippen LogP contribution >= 0.6 is 0 Å². The van der Waals surface area contributed by atoms with Crippen LogP contribution in [0.5, 0.6) is 0 Å². The van der Waals surface area contributed by atoms with Gasteiger partial charge in [0.1, 0.15) is 5.69 Å². The fourth-order valence-electron chi connectivity index (χ4n) is 1.48. The van der Waals surface area contributed by atoms with Gasteiger partial charge >= 0.3 is 5.97 Å². The standard InChI is InChI=1S/C11H17N3O4/c1-3-7-5-9(14(4-2)13-7)10(16)12-8(6-15)11(17)18/h5,8,15H,3-4,6H2,1-2H3,(H,12,16)(H,17,18)/t8-/m1/s1. The molecule has 1 amide bonds. The van der Waals surface area contributed by atoms with E-state index in [-0.39, 0.29) is 0 Å². The quantitative estimate of drug-likeness (QED) is 0.644. The molecule has 0 radical (unpaired) electrons. The predicted molar refractivity (Wildman–Crippen MR) is 63.3 cm³/mol. The van der Waals surface area contributed by atoms with E-state index in [1.165, 1.54) is 4.68 Å². The molecule has 0 saturated carbocycles. The number of nitrogens with zero attached hydrogens (tertiary/aromatic N) is 2. The van der Waals surface area contributed by atoms with Crippen LogP contribution in [-0.4, -0.2) is 44.5 Å². The molecule has 1 atom stereocenters. The van der Waals surface area contributed by atoms with Gasteiger partial charge in [-0.2, -0.15) is 5.10 Å². The Morgan fingerprint density at radius 1 is 1.50 bits per heavy atom. The van der Waals surface area contributed by atoms with Crippen molar-refractivity contribution in [2.75, 3.05) is 6.61 Å². The lowest BCUT2D eigenvalue weighted by Gasteiger charge is -2.11. The van der Waals surface area contributed by atoms with Crippen molar-refractivity contribution in [3.05, 3.63) is 17.5 Å². The van der Waals surface area contributed by atoms with Gasteiger partial charge in [-0.3, -0.25) is 9.48 Å². The zero-order valence-corrected chi connectivity index (χ0v) is 10.4. The summed E-state index contributed by atoms with van der Waals surface area (Å²) in [6.45, 7) is 3.61. The maximum Gasteiger partial charge on any atom is 0.328 e. The molecular formula is C11H17N3O4. The molecule has 1 rings (SSSR count). The van der Waals surface area contributed by atoms with Gasteiger partial charge in [0.25, 0.3) is 5.91 Å². The van der Waals surface area contributed by atoms with Crippen LogP contribution in [0.1, 0.15) is 30.0 Å². The first-order valence-corrected chi connectivity index (χ1v) is 5.74. The number of carbonyl (C=O) groups excluding carboxylic acids is 1. The van der Waals surface area contributed by atoms with Crippen molar-refractivity contribution in [3.63, 3.8) is 0 Å². The lowest BCUT2D eigenvalue weighted by atomic mass is 10.2. The molecule has 0 aromatic carbocycles. The number of aryl methyl sites for hydroxylation is 2. The summed E-state index contributed by atoms with van der Waals surface area (Å²) in [5, 5.41) is 24.0. The van der Waals surface area contributed by atoms with E-state index in [4.69, 9.17) is 10.2 Å². The SMILES string of the molecule is CCc1cc(C(=O)N[C@H](CO)C(=O)O)n(CC)n1. The van der Waals surface area contributed by atoms with E-state index in [2.05, 4.69) is 10.4 Å². The fourth-order valence-corrected chi connectivity index (χ4v) is 1.48. The van der Waals surface area contributed by atoms with Gasteiger partial charge < -0.3 is 15.5 Å². The maximum absolute atomic E-state index is 11.9. The number of aromatic nitrogens is 2. The minimum Gasteiger partial charge on any atom is -0.480 e. The molecule has 3 N–H and O–H groups in total. The van der Waals surface area contributed by atoms with Gasteiger partial charge in [-0.25, -0.2) is 4.79 Å². The highest BCUT2D eigenvalue weighted by atomic mass is 16.4. The molecule has 7 nitrogen and oxygen atoms in total. The third-order valence-corrected chi connectivity index (χ3v) is 2.51. The summed E-state index contributed by atoms with van der Waals surface area (Å²) in [5.74, 6) is -1.82. The Kier molecular flexibility index (Phi) is 4.85. The summed E-state index contributed by atoms with van der Waals surface area (Å²) in [6, 6.07) is 0.317. The van der Waals surface area contributed by atoms with Gasteiger partial charge in [-0.15, -0.1) is 0 Å². The molecule has 0 bridgehead atoms. The first-order valence-electron chi connectivity index (χ1n) is 5.74. The molecule has 0 spiro atoms. The van der Waals surface area contributed by atoms with Crippen LogP contribution in [0.4, 0.5) is 0 Å². The smallest absolute Gasteiger partial charge is 0.328 e. The second-order valence-electron chi connectivity index (χ2n) is 3.74. The van der Waals surface area contributed by atoms with E-state index in [1.54, 1.807) is 6.07 Å². The van der Waals surface area contributed by atoms with E-state index < -0.39 is 24.5 Å². The number of carbonyl (C=O) groups is 2. The second kappa shape index (κ2) is 6.15. The molecule has 1 aromatic heterocycles. The van der Waals surface area contributed by atoms with Crippen molar-refractivity contribution >= 4 is 11.9 Å². The monoisotopic (exact) mass is 255 g/mol. The number of aliphatic hydroxyl groups excluding tert-OH is 1. The largest absolute Gasteiger partial charge is 0.480 e. The zero-order chi connectivity index (χ0) is 13.7. The van der Waals surface area contributed by atoms with E-state index in [1.807, 2.05) is 13.8 Å². The number of amides is 1. The number of carboxylic acids is 1. The number of carboxylic acid groups (broad SMARTS) is 1. The summed E-state index contributed by atoms with van der Waals surface area (Å²) >= 11 is 0. The summed E-state index contributed by atoms with van der Waals surface area (Å²) < 4.78 is 1.50. The highest BCUT2D eigenvalue weighted by Gasteiger charge is 2.22. The zero-order valence-electron chi connectivity index (χ0n) is 10.4. The van der Waals surface area contributed by atoms with Crippen LogP contribution in [0.25, 0.3) is 0 Å². The molecule has 0 aliphatic carbocycles. The Balaban J connectivity index is 2.89. The highest BCUT2D eigenvalue weighted by Crippen LogP contribution is 2.06. The Morgan fingerprint density at radius 2 is 2.17 bits per heavy atom. The summed E-state index contributed by atoms with van der Waals surface area (Å²) in [6.07, 6.45) is 0.690. The summed E-state index contributed by atoms with van der Waals surface area (Å²) in [7, 11) is 0. The molecule has 0 aliphatic rings. The number of hydrogen-bond acceptors (Lipinski definition) is 4. The minimum atomic E-state index is -1.30. The predicted octanol–water partition coefficient (Wildman–Crippen LogP) is -0.359. The van der Waals surface area contributed by atoms with Gasteiger partial charge in [0, 0.05) is 6.54 Å². The number of rotatable bonds is 6. The average Bonchev–Trinajstić information content (AvgIpc) is 2.78. The maximum atomic E-state index is 11.9. The number of aliphatic hydroxyl groups is 1. The first-order chi connectivity index (χ1) is 8.53. The molecule has 0 unspecified atom stereocenters. The van der Waals surface area contributed by atoms with Crippen molar-refractivity contribution in [1.82, 2.24) is 15.1 Å². The van der Waals surface area contributed by atoms with Crippen molar-refractivity contribution < 1.29 is 19.8 Å². The Bertz CT molecular complexity index is 441. The number of hydrogen-bond donors (Lipinski definition) is 3. The van der Waals surface area contributed by atoms with E-state index in [0.29, 0.717) is 18.7 Å². The van der Waals surface area contributed by atoms with Crippen molar-refractivity contribution in [2.45, 2.75) is 32.9 Å². The first kappa shape index (κ1) is 14.2. The van der Waals surface area contributed by atoms with Gasteiger partial charge in [-0.1, -0.05) is 6.92 Å². The van der Waals surface area contributed by atoms with E-state index in [9.17, 15) is 9.59 Å². The lowest BCUT2D eigenvalue weighted by Crippen LogP contribution is -2.43. The van der Waals surface area contributed by atoms with Crippen molar-refractivity contribution in [2.24, 2.45) is 0 Å². The normalized spacial score (nSPS) is 12.2. The molecule has 0 aliphatic heterocycles. The third kappa shape index (κ3) is 3.07. The lowest BCUT2D eigenvalue weighted by molar-refractivity contribution is -0.140. The molecule has 18 heavy (non-hydrogen) atoms. The van der Waals surface area contributed by atoms with Gasteiger partial charge in [-0.05, 0) is 19.4 Å². The molecule has 0 fully saturated rings. The molecule has 100 valence electrons. The molecule has 0 saturated heterocycles. The number of aliphatic carboxylic acids is 1. The summed E-state index contributed by atoms with van der Waals surface area (Å²) in [4.78, 5) is 22.6. The van der Waals surface area contributed by atoms with Gasteiger partial charge in [0.15, 0.2) is 6.04 Å². The number of nitrogens with one attached hydrogen (secondary N) is 1. The molecule has 7 heteroatoms. The highest BCUT2D eigenvalue weighted by molar-refractivity contribution is 5.95. The molecular weight excluding hydrogens is 238 g/mol. The van der Waals surface area contributed by atoms with Gasteiger partial charge in [0.05, 0.1) is 12.3 Å². The molecule has 1 aromatic rings. The van der Waals surface area contributed by atoms with E-state index >= 15 is 0 Å². The van der Waals surface area contributed by atoms with E-state index in [0.717, 1.165) is 5.69 Å². The Morgan fingerprint density at radius 3 is 2.61 bits per heavy atom. The Labute approximate surface area is 104 Å². The van der Waals surface area contributed by atoms with Crippen LogP contribution in [0.3, 0.4) is 0 Å².